The lowest BCUT2D eigenvalue weighted by molar-refractivity contribution is 0.436. The van der Waals surface area contributed by atoms with E-state index in [1.165, 1.54) is 15.6 Å². The number of fused-ring (bicyclic) bond motifs is 1. The summed E-state index contributed by atoms with van der Waals surface area (Å²) in [6.07, 6.45) is 1.51. The van der Waals surface area contributed by atoms with Crippen molar-refractivity contribution in [1.82, 2.24) is 30.1 Å². The molecule has 0 aromatic carbocycles. The van der Waals surface area contributed by atoms with Gasteiger partial charge in [0.2, 0.25) is 0 Å². The fourth-order valence-electron chi connectivity index (χ4n) is 1.74. The number of hydrogen-bond donors (Lipinski definition) is 1. The molecule has 2 aromatic rings. The van der Waals surface area contributed by atoms with Gasteiger partial charge in [0.15, 0.2) is 5.65 Å². The Morgan fingerprint density at radius 2 is 2.15 bits per heavy atom. The Balaban J connectivity index is 2.16. The Hall–Kier alpha value is -2.02. The quantitative estimate of drug-likeness (QED) is 0.821. The molecule has 0 amide bonds. The van der Waals surface area contributed by atoms with Crippen LogP contribution in [0.15, 0.2) is 23.1 Å². The van der Waals surface area contributed by atoms with Crippen LogP contribution in [0.3, 0.4) is 0 Å². The van der Waals surface area contributed by atoms with Crippen molar-refractivity contribution in [1.29, 1.82) is 0 Å². The largest absolute Gasteiger partial charge is 0.308 e. The van der Waals surface area contributed by atoms with Crippen LogP contribution in [-0.2, 0) is 13.6 Å². The van der Waals surface area contributed by atoms with Gasteiger partial charge in [0.05, 0.1) is 12.7 Å². The SMILES string of the molecule is C=C(CNC(C)(C)C)Cn1nnc2c(cnn2C)c1=O. The predicted octanol–water partition coefficient (Wildman–Crippen LogP) is 0.469. The van der Waals surface area contributed by atoms with Gasteiger partial charge >= 0.3 is 0 Å². The molecule has 0 aliphatic heterocycles. The van der Waals surface area contributed by atoms with E-state index in [0.29, 0.717) is 24.1 Å². The minimum atomic E-state index is -0.194. The number of hydrogen-bond acceptors (Lipinski definition) is 5. The lowest BCUT2D eigenvalue weighted by Crippen LogP contribution is -2.38. The van der Waals surface area contributed by atoms with Gasteiger partial charge in [0.1, 0.15) is 5.39 Å². The Labute approximate surface area is 117 Å². The molecule has 0 aliphatic carbocycles. The zero-order valence-electron chi connectivity index (χ0n) is 12.3. The predicted molar refractivity (Wildman–Crippen MR) is 77.5 cm³/mol. The third-order valence-corrected chi connectivity index (χ3v) is 2.86. The Morgan fingerprint density at radius 3 is 2.80 bits per heavy atom. The van der Waals surface area contributed by atoms with Crippen LogP contribution in [0.25, 0.3) is 11.0 Å². The van der Waals surface area contributed by atoms with Crippen molar-refractivity contribution in [3.8, 4) is 0 Å². The van der Waals surface area contributed by atoms with E-state index in [9.17, 15) is 4.79 Å². The molecule has 2 heterocycles. The van der Waals surface area contributed by atoms with Crippen LogP contribution in [0.4, 0.5) is 0 Å². The molecule has 0 aliphatic rings. The van der Waals surface area contributed by atoms with Gasteiger partial charge in [0.25, 0.3) is 5.56 Å². The number of nitrogens with one attached hydrogen (secondary N) is 1. The highest BCUT2D eigenvalue weighted by Crippen LogP contribution is 2.04. The summed E-state index contributed by atoms with van der Waals surface area (Å²) in [5.74, 6) is 0. The maximum Gasteiger partial charge on any atom is 0.281 e. The van der Waals surface area contributed by atoms with Crippen molar-refractivity contribution in [2.45, 2.75) is 32.9 Å². The summed E-state index contributed by atoms with van der Waals surface area (Å²) in [5.41, 5.74) is 1.18. The average Bonchev–Trinajstić information content (AvgIpc) is 2.72. The summed E-state index contributed by atoms with van der Waals surface area (Å²) >= 11 is 0. The molecule has 0 unspecified atom stereocenters. The third-order valence-electron chi connectivity index (χ3n) is 2.86. The lowest BCUT2D eigenvalue weighted by Gasteiger charge is -2.21. The van der Waals surface area contributed by atoms with Crippen molar-refractivity contribution in [2.75, 3.05) is 6.54 Å². The number of aryl methyl sites for hydroxylation is 1. The molecule has 7 heteroatoms. The third kappa shape index (κ3) is 3.11. The van der Waals surface area contributed by atoms with E-state index in [1.807, 2.05) is 0 Å². The van der Waals surface area contributed by atoms with Gasteiger partial charge < -0.3 is 5.32 Å². The standard InChI is InChI=1S/C13H20N6O/c1-9(6-14-13(2,3)4)8-19-12(20)10-7-15-18(5)11(10)16-17-19/h7,14H,1,6,8H2,2-5H3. The molecule has 2 aromatic heterocycles. The minimum Gasteiger partial charge on any atom is -0.308 e. The van der Waals surface area contributed by atoms with Crippen LogP contribution in [0.2, 0.25) is 0 Å². The molecular weight excluding hydrogens is 256 g/mol. The first-order valence-corrected chi connectivity index (χ1v) is 6.45. The number of nitrogens with zero attached hydrogens (tertiary/aromatic N) is 5. The molecule has 7 nitrogen and oxygen atoms in total. The van der Waals surface area contributed by atoms with Gasteiger partial charge in [-0.2, -0.15) is 5.10 Å². The molecule has 0 atom stereocenters. The number of aromatic nitrogens is 5. The van der Waals surface area contributed by atoms with Gasteiger partial charge in [-0.05, 0) is 26.3 Å². The normalized spacial score (nSPS) is 12.0. The van der Waals surface area contributed by atoms with Crippen molar-refractivity contribution in [2.24, 2.45) is 7.05 Å². The second kappa shape index (κ2) is 5.16. The van der Waals surface area contributed by atoms with Gasteiger partial charge in [0, 0.05) is 19.1 Å². The summed E-state index contributed by atoms with van der Waals surface area (Å²) in [7, 11) is 1.73. The fourth-order valence-corrected chi connectivity index (χ4v) is 1.74. The van der Waals surface area contributed by atoms with Crippen molar-refractivity contribution >= 4 is 11.0 Å². The van der Waals surface area contributed by atoms with Crippen LogP contribution in [0.1, 0.15) is 20.8 Å². The smallest absolute Gasteiger partial charge is 0.281 e. The maximum atomic E-state index is 12.2. The van der Waals surface area contributed by atoms with Crippen LogP contribution in [0.5, 0.6) is 0 Å². The number of rotatable bonds is 4. The molecule has 0 bridgehead atoms. The van der Waals surface area contributed by atoms with Crippen molar-refractivity contribution < 1.29 is 0 Å². The van der Waals surface area contributed by atoms with E-state index in [-0.39, 0.29) is 11.1 Å². The monoisotopic (exact) mass is 276 g/mol. The molecule has 0 saturated carbocycles. The highest BCUT2D eigenvalue weighted by Gasteiger charge is 2.12. The minimum absolute atomic E-state index is 0.00683. The molecule has 0 spiro atoms. The van der Waals surface area contributed by atoms with Crippen LogP contribution >= 0.6 is 0 Å². The first-order valence-electron chi connectivity index (χ1n) is 6.45. The zero-order valence-corrected chi connectivity index (χ0v) is 12.3. The molecule has 0 radical (unpaired) electrons. The summed E-state index contributed by atoms with van der Waals surface area (Å²) in [5, 5.41) is 15.7. The Bertz CT molecular complexity index is 691. The molecular formula is C13H20N6O. The summed E-state index contributed by atoms with van der Waals surface area (Å²) < 4.78 is 2.85. The molecule has 20 heavy (non-hydrogen) atoms. The second-order valence-corrected chi connectivity index (χ2v) is 5.91. The summed E-state index contributed by atoms with van der Waals surface area (Å²) in [6.45, 7) is 11.2. The molecule has 0 fully saturated rings. The van der Waals surface area contributed by atoms with Gasteiger partial charge in [-0.3, -0.25) is 4.79 Å². The van der Waals surface area contributed by atoms with E-state index >= 15 is 0 Å². The van der Waals surface area contributed by atoms with Crippen molar-refractivity contribution in [3.05, 3.63) is 28.7 Å². The van der Waals surface area contributed by atoms with Crippen LogP contribution in [-0.4, -0.2) is 36.9 Å². The highest BCUT2D eigenvalue weighted by molar-refractivity contribution is 5.72. The molecule has 2 rings (SSSR count). The van der Waals surface area contributed by atoms with Gasteiger partial charge in [-0.25, -0.2) is 9.36 Å². The van der Waals surface area contributed by atoms with Crippen LogP contribution < -0.4 is 10.9 Å². The zero-order chi connectivity index (χ0) is 14.9. The molecule has 108 valence electrons. The van der Waals surface area contributed by atoms with E-state index in [1.54, 1.807) is 7.05 Å². The van der Waals surface area contributed by atoms with Gasteiger partial charge in [-0.15, -0.1) is 5.10 Å². The van der Waals surface area contributed by atoms with E-state index in [4.69, 9.17) is 0 Å². The summed E-state index contributed by atoms with van der Waals surface area (Å²) in [4.78, 5) is 12.2. The van der Waals surface area contributed by atoms with E-state index in [2.05, 4.69) is 48.1 Å². The maximum absolute atomic E-state index is 12.2. The highest BCUT2D eigenvalue weighted by atomic mass is 16.1. The van der Waals surface area contributed by atoms with E-state index in [0.717, 1.165) is 5.57 Å². The average molecular weight is 276 g/mol. The lowest BCUT2D eigenvalue weighted by atomic mass is 10.1. The fraction of sp³-hybridized carbons (Fsp3) is 0.538. The first-order chi connectivity index (χ1) is 9.28. The van der Waals surface area contributed by atoms with Gasteiger partial charge in [-0.1, -0.05) is 11.8 Å². The van der Waals surface area contributed by atoms with Crippen LogP contribution in [0, 0.1) is 0 Å². The summed E-state index contributed by atoms with van der Waals surface area (Å²) in [6, 6.07) is 0. The topological polar surface area (TPSA) is 77.6 Å². The Morgan fingerprint density at radius 1 is 1.45 bits per heavy atom. The Kier molecular flexibility index (Phi) is 3.71. The van der Waals surface area contributed by atoms with Crippen molar-refractivity contribution in [3.63, 3.8) is 0 Å². The second-order valence-electron chi connectivity index (χ2n) is 5.91. The molecule has 0 saturated heterocycles. The first kappa shape index (κ1) is 14.4. The molecule has 1 N–H and O–H groups in total. The van der Waals surface area contributed by atoms with E-state index < -0.39 is 0 Å².